The van der Waals surface area contributed by atoms with Crippen LogP contribution in [0, 0.1) is 0 Å². The van der Waals surface area contributed by atoms with Crippen molar-refractivity contribution < 1.29 is 8.42 Å². The van der Waals surface area contributed by atoms with Gasteiger partial charge in [-0.3, -0.25) is 5.10 Å². The van der Waals surface area contributed by atoms with Crippen molar-refractivity contribution in [3.63, 3.8) is 0 Å². The van der Waals surface area contributed by atoms with Crippen LogP contribution in [-0.4, -0.2) is 24.4 Å². The molecule has 4 nitrogen and oxygen atoms in total. The zero-order valence-electron chi connectivity index (χ0n) is 9.68. The molecule has 2 rings (SSSR count). The van der Waals surface area contributed by atoms with Crippen LogP contribution in [0.4, 0.5) is 0 Å². The van der Waals surface area contributed by atoms with Crippen LogP contribution in [0.1, 0.15) is 5.56 Å². The highest BCUT2D eigenvalue weighted by Crippen LogP contribution is 2.24. The first-order chi connectivity index (χ1) is 8.99. The second-order valence-corrected chi connectivity index (χ2v) is 7.54. The summed E-state index contributed by atoms with van der Waals surface area (Å²) >= 11 is 6.76. The molecule has 0 unspecified atom stereocenters. The van der Waals surface area contributed by atoms with Crippen LogP contribution in [0.15, 0.2) is 52.1 Å². The summed E-state index contributed by atoms with van der Waals surface area (Å²) < 4.78 is 25.6. The number of H-pyrrole nitrogens is 1. The van der Waals surface area contributed by atoms with E-state index in [4.69, 9.17) is 0 Å². The Balaban J connectivity index is 2.19. The molecule has 0 radical (unpaired) electrons. The van der Waals surface area contributed by atoms with E-state index in [1.807, 2.05) is 24.3 Å². The molecule has 1 N–H and O–H groups in total. The van der Waals surface area contributed by atoms with Gasteiger partial charge in [-0.25, -0.2) is 8.42 Å². The molecule has 0 aliphatic carbocycles. The normalized spacial score (nSPS) is 12.6. The molecular formula is C12H10Br2N2O2S. The van der Waals surface area contributed by atoms with Crippen LogP contribution in [-0.2, 0) is 9.84 Å². The van der Waals surface area contributed by atoms with Crippen molar-refractivity contribution in [2.24, 2.45) is 0 Å². The lowest BCUT2D eigenvalue weighted by atomic mass is 10.2. The number of benzene rings is 1. The summed E-state index contributed by atoms with van der Waals surface area (Å²) in [7, 11) is -3.37. The van der Waals surface area contributed by atoms with E-state index in [1.165, 1.54) is 12.3 Å². The Morgan fingerprint density at radius 2 is 2.16 bits per heavy atom. The zero-order chi connectivity index (χ0) is 13.9. The molecule has 0 fully saturated rings. The first-order valence-corrected chi connectivity index (χ1v) is 8.56. The number of nitrogens with zero attached hydrogens (tertiary/aromatic N) is 1. The van der Waals surface area contributed by atoms with Gasteiger partial charge in [0.15, 0.2) is 14.9 Å². The molecule has 0 amide bonds. The third-order valence-electron chi connectivity index (χ3n) is 2.39. The van der Waals surface area contributed by atoms with E-state index < -0.39 is 9.84 Å². The SMILES string of the molecule is O=S(=O)(CC=C(Br)c1cccc(Br)c1)c1ccn[nH]1. The van der Waals surface area contributed by atoms with Gasteiger partial charge in [0, 0.05) is 8.96 Å². The molecule has 0 spiro atoms. The van der Waals surface area contributed by atoms with Crippen molar-refractivity contribution in [1.29, 1.82) is 0 Å². The van der Waals surface area contributed by atoms with Crippen molar-refractivity contribution in [2.45, 2.75) is 5.03 Å². The van der Waals surface area contributed by atoms with E-state index in [0.29, 0.717) is 0 Å². The van der Waals surface area contributed by atoms with Crippen molar-refractivity contribution in [2.75, 3.05) is 5.75 Å². The maximum Gasteiger partial charge on any atom is 0.198 e. The summed E-state index contributed by atoms with van der Waals surface area (Å²) in [5, 5.41) is 6.23. The Labute approximate surface area is 128 Å². The summed E-state index contributed by atoms with van der Waals surface area (Å²) in [6, 6.07) is 9.04. The van der Waals surface area contributed by atoms with E-state index >= 15 is 0 Å². The molecule has 100 valence electrons. The lowest BCUT2D eigenvalue weighted by molar-refractivity contribution is 0.595. The summed E-state index contributed by atoms with van der Waals surface area (Å²) in [4.78, 5) is 0. The molecule has 0 aliphatic heterocycles. The van der Waals surface area contributed by atoms with Gasteiger partial charge in [-0.2, -0.15) is 5.10 Å². The topological polar surface area (TPSA) is 62.8 Å². The number of hydrogen-bond acceptors (Lipinski definition) is 3. The maximum absolute atomic E-state index is 12.0. The van der Waals surface area contributed by atoms with Gasteiger partial charge in [-0.15, -0.1) is 0 Å². The Kier molecular flexibility index (Phi) is 4.59. The van der Waals surface area contributed by atoms with Crippen molar-refractivity contribution in [1.82, 2.24) is 10.2 Å². The second-order valence-electron chi connectivity index (χ2n) is 3.76. The van der Waals surface area contributed by atoms with Crippen LogP contribution < -0.4 is 0 Å². The minimum atomic E-state index is -3.37. The fourth-order valence-corrected chi connectivity index (χ4v) is 3.49. The average molecular weight is 406 g/mol. The number of halogens is 2. The van der Waals surface area contributed by atoms with Gasteiger partial charge >= 0.3 is 0 Å². The number of aromatic amines is 1. The molecule has 1 aromatic carbocycles. The van der Waals surface area contributed by atoms with Crippen LogP contribution in [0.5, 0.6) is 0 Å². The smallest absolute Gasteiger partial charge is 0.198 e. The number of aromatic nitrogens is 2. The molecule has 1 aromatic heterocycles. The van der Waals surface area contributed by atoms with Gasteiger partial charge in [0.25, 0.3) is 0 Å². The third-order valence-corrected chi connectivity index (χ3v) is 5.17. The van der Waals surface area contributed by atoms with E-state index in [2.05, 4.69) is 42.1 Å². The molecular weight excluding hydrogens is 396 g/mol. The lowest BCUT2D eigenvalue weighted by Gasteiger charge is -2.01. The van der Waals surface area contributed by atoms with Gasteiger partial charge in [0.2, 0.25) is 0 Å². The number of hydrogen-bond donors (Lipinski definition) is 1. The Morgan fingerprint density at radius 1 is 1.37 bits per heavy atom. The molecule has 0 atom stereocenters. The standard InChI is InChI=1S/C12H10Br2N2O2S/c13-10-3-1-2-9(8-10)11(14)5-7-19(17,18)12-4-6-15-16-12/h1-6,8H,7H2,(H,15,16). The number of sulfone groups is 1. The number of rotatable bonds is 4. The van der Waals surface area contributed by atoms with Crippen molar-refractivity contribution >= 4 is 46.2 Å². The Morgan fingerprint density at radius 3 is 2.79 bits per heavy atom. The van der Waals surface area contributed by atoms with Crippen molar-refractivity contribution in [3.8, 4) is 0 Å². The van der Waals surface area contributed by atoms with Gasteiger partial charge in [0.1, 0.15) is 0 Å². The van der Waals surface area contributed by atoms with E-state index in [-0.39, 0.29) is 10.8 Å². The molecule has 0 aliphatic rings. The highest BCUT2D eigenvalue weighted by atomic mass is 79.9. The highest BCUT2D eigenvalue weighted by Gasteiger charge is 2.14. The Hall–Kier alpha value is -0.920. The third kappa shape index (κ3) is 3.77. The predicted molar refractivity (Wildman–Crippen MR) is 81.7 cm³/mol. The molecule has 19 heavy (non-hydrogen) atoms. The molecule has 0 bridgehead atoms. The largest absolute Gasteiger partial charge is 0.267 e. The van der Waals surface area contributed by atoms with E-state index in [9.17, 15) is 8.42 Å². The molecule has 0 saturated heterocycles. The summed E-state index contributed by atoms with van der Waals surface area (Å²) in [5.41, 5.74) is 0.911. The predicted octanol–water partition coefficient (Wildman–Crippen LogP) is 3.38. The number of nitrogens with one attached hydrogen (secondary N) is 1. The first kappa shape index (κ1) is 14.5. The van der Waals surface area contributed by atoms with Crippen LogP contribution >= 0.6 is 31.9 Å². The summed E-state index contributed by atoms with van der Waals surface area (Å²) in [5.74, 6) is -0.0950. The van der Waals surface area contributed by atoms with Gasteiger partial charge in [0.05, 0.1) is 11.9 Å². The summed E-state index contributed by atoms with van der Waals surface area (Å²) in [6.07, 6.45) is 3.04. The van der Waals surface area contributed by atoms with Gasteiger partial charge in [-0.1, -0.05) is 50.1 Å². The van der Waals surface area contributed by atoms with Gasteiger partial charge < -0.3 is 0 Å². The average Bonchev–Trinajstić information content (AvgIpc) is 2.90. The monoisotopic (exact) mass is 404 g/mol. The highest BCUT2D eigenvalue weighted by molar-refractivity contribution is 9.15. The molecule has 7 heteroatoms. The van der Waals surface area contributed by atoms with Crippen molar-refractivity contribution in [3.05, 3.63) is 52.6 Å². The minimum Gasteiger partial charge on any atom is -0.267 e. The zero-order valence-corrected chi connectivity index (χ0v) is 13.7. The fourth-order valence-electron chi connectivity index (χ4n) is 1.44. The molecule has 1 heterocycles. The molecule has 0 saturated carbocycles. The Bertz CT molecular complexity index is 694. The second kappa shape index (κ2) is 6.02. The summed E-state index contributed by atoms with van der Waals surface area (Å²) in [6.45, 7) is 0. The van der Waals surface area contributed by atoms with Crippen LogP contribution in [0.3, 0.4) is 0 Å². The quantitative estimate of drug-likeness (QED) is 0.847. The fraction of sp³-hybridized carbons (Fsp3) is 0.0833. The maximum atomic E-state index is 12.0. The minimum absolute atomic E-state index is 0.0950. The van der Waals surface area contributed by atoms with Crippen LogP contribution in [0.25, 0.3) is 4.48 Å². The van der Waals surface area contributed by atoms with E-state index in [0.717, 1.165) is 14.5 Å². The molecule has 2 aromatic rings. The lowest BCUT2D eigenvalue weighted by Crippen LogP contribution is -2.05. The van der Waals surface area contributed by atoms with Gasteiger partial charge in [-0.05, 0) is 23.8 Å². The van der Waals surface area contributed by atoms with Crippen LogP contribution in [0.2, 0.25) is 0 Å². The first-order valence-electron chi connectivity index (χ1n) is 5.33. The van der Waals surface area contributed by atoms with E-state index in [1.54, 1.807) is 6.08 Å².